The number of carbonyl (C=O) groups is 1. The van der Waals surface area contributed by atoms with Gasteiger partial charge in [-0.05, 0) is 24.1 Å². The van der Waals surface area contributed by atoms with Crippen molar-refractivity contribution in [3.05, 3.63) is 34.9 Å². The molecule has 0 unspecified atom stereocenters. The molecule has 0 atom stereocenters. The van der Waals surface area contributed by atoms with Crippen LogP contribution >= 0.6 is 11.6 Å². The van der Waals surface area contributed by atoms with E-state index in [0.717, 1.165) is 16.5 Å². The Balaban J connectivity index is 2.28. The van der Waals surface area contributed by atoms with Crippen LogP contribution in [0, 0.1) is 0 Å². The number of rotatable bonds is 7. The number of methoxy groups -OCH3 is 1. The van der Waals surface area contributed by atoms with Crippen LogP contribution in [0.15, 0.2) is 24.3 Å². The number of hydrogen-bond acceptors (Lipinski definition) is 4. The molecule has 2 aromatic rings. The minimum absolute atomic E-state index is 0.321. The summed E-state index contributed by atoms with van der Waals surface area (Å²) < 4.78 is 5.02. The molecule has 6 nitrogen and oxygen atoms in total. The van der Waals surface area contributed by atoms with E-state index in [1.54, 1.807) is 13.2 Å². The lowest BCUT2D eigenvalue weighted by Gasteiger charge is -2.13. The summed E-state index contributed by atoms with van der Waals surface area (Å²) >= 11 is 6.18. The summed E-state index contributed by atoms with van der Waals surface area (Å²) in [6, 6.07) is 7.57. The highest BCUT2D eigenvalue weighted by atomic mass is 35.5. The van der Waals surface area contributed by atoms with Gasteiger partial charge in [-0.1, -0.05) is 23.7 Å². The van der Waals surface area contributed by atoms with Crippen molar-refractivity contribution in [3.8, 4) is 0 Å². The van der Waals surface area contributed by atoms with Gasteiger partial charge >= 0.3 is 6.09 Å². The third-order valence-electron chi connectivity index (χ3n) is 3.14. The van der Waals surface area contributed by atoms with E-state index in [2.05, 4.69) is 15.6 Å². The third-order valence-corrected chi connectivity index (χ3v) is 3.45. The van der Waals surface area contributed by atoms with Gasteiger partial charge < -0.3 is 20.5 Å². The van der Waals surface area contributed by atoms with Crippen molar-refractivity contribution < 1.29 is 14.6 Å². The van der Waals surface area contributed by atoms with E-state index in [-0.39, 0.29) is 0 Å². The first-order valence-corrected chi connectivity index (χ1v) is 7.27. The van der Waals surface area contributed by atoms with E-state index >= 15 is 0 Å². The minimum Gasteiger partial charge on any atom is -0.465 e. The average molecular weight is 324 g/mol. The predicted molar refractivity (Wildman–Crippen MR) is 86.9 cm³/mol. The zero-order chi connectivity index (χ0) is 15.9. The lowest BCUT2D eigenvalue weighted by molar-refractivity contribution is 0.194. The highest BCUT2D eigenvalue weighted by molar-refractivity contribution is 6.35. The molecule has 7 heteroatoms. The molecule has 118 valence electrons. The van der Waals surface area contributed by atoms with Gasteiger partial charge in [-0.25, -0.2) is 9.78 Å². The summed E-state index contributed by atoms with van der Waals surface area (Å²) in [5.74, 6) is 0.699. The molecule has 0 saturated carbocycles. The van der Waals surface area contributed by atoms with Crippen molar-refractivity contribution in [3.63, 3.8) is 0 Å². The molecule has 1 amide bonds. The van der Waals surface area contributed by atoms with Gasteiger partial charge in [0.05, 0.1) is 17.1 Å². The average Bonchev–Trinajstić information content (AvgIpc) is 2.48. The van der Waals surface area contributed by atoms with E-state index in [4.69, 9.17) is 21.4 Å². The molecule has 1 aromatic heterocycles. The summed E-state index contributed by atoms with van der Waals surface area (Å²) in [6.07, 6.45) is -0.498. The quantitative estimate of drug-likeness (QED) is 0.682. The Kier molecular flexibility index (Phi) is 5.80. The summed E-state index contributed by atoms with van der Waals surface area (Å²) in [4.78, 5) is 15.1. The van der Waals surface area contributed by atoms with Gasteiger partial charge in [0.25, 0.3) is 0 Å². The molecule has 0 fully saturated rings. The number of halogens is 1. The van der Waals surface area contributed by atoms with Crippen LogP contribution in [-0.2, 0) is 11.2 Å². The van der Waals surface area contributed by atoms with Crippen LogP contribution in [-0.4, -0.2) is 43.0 Å². The molecule has 22 heavy (non-hydrogen) atoms. The predicted octanol–water partition coefficient (Wildman–Crippen LogP) is 2.76. The first-order chi connectivity index (χ1) is 10.6. The van der Waals surface area contributed by atoms with Crippen LogP contribution in [0.1, 0.15) is 5.56 Å². The Bertz CT molecular complexity index is 664. The molecule has 2 rings (SSSR count). The number of aromatic nitrogens is 1. The Morgan fingerprint density at radius 2 is 2.23 bits per heavy atom. The lowest BCUT2D eigenvalue weighted by atomic mass is 10.1. The van der Waals surface area contributed by atoms with E-state index in [0.29, 0.717) is 37.0 Å². The van der Waals surface area contributed by atoms with E-state index in [9.17, 15) is 4.79 Å². The van der Waals surface area contributed by atoms with Gasteiger partial charge in [-0.2, -0.15) is 0 Å². The van der Waals surface area contributed by atoms with E-state index in [1.807, 2.05) is 18.2 Å². The number of carboxylic acid groups (broad SMARTS) is 1. The fourth-order valence-corrected chi connectivity index (χ4v) is 2.35. The fraction of sp³-hybridized carbons (Fsp3) is 0.333. The van der Waals surface area contributed by atoms with Crippen LogP contribution in [0.25, 0.3) is 10.9 Å². The molecule has 0 spiro atoms. The molecule has 0 saturated heterocycles. The number of hydrogen-bond donors (Lipinski definition) is 3. The van der Waals surface area contributed by atoms with Crippen LogP contribution < -0.4 is 10.6 Å². The smallest absolute Gasteiger partial charge is 0.404 e. The standard InChI is InChI=1S/C15H18ClN3O3/c1-22-8-7-17-14-11(5-6-18-15(20)21)9-10-3-2-4-12(16)13(10)19-14/h2-4,9,18H,5-8H2,1H3,(H,17,19)(H,20,21). The number of amides is 1. The number of nitrogens with one attached hydrogen (secondary N) is 2. The van der Waals surface area contributed by atoms with Crippen LogP contribution in [0.3, 0.4) is 0 Å². The first-order valence-electron chi connectivity index (χ1n) is 6.89. The zero-order valence-electron chi connectivity index (χ0n) is 12.2. The van der Waals surface area contributed by atoms with Gasteiger partial charge in [-0.3, -0.25) is 0 Å². The van der Waals surface area contributed by atoms with Gasteiger partial charge in [0.15, 0.2) is 0 Å². The maximum atomic E-state index is 10.6. The molecule has 0 aliphatic carbocycles. The summed E-state index contributed by atoms with van der Waals surface area (Å²) in [7, 11) is 1.63. The van der Waals surface area contributed by atoms with Gasteiger partial charge in [0.2, 0.25) is 0 Å². The maximum Gasteiger partial charge on any atom is 0.404 e. The highest BCUT2D eigenvalue weighted by Gasteiger charge is 2.09. The molecular formula is C15H18ClN3O3. The maximum absolute atomic E-state index is 10.6. The summed E-state index contributed by atoms with van der Waals surface area (Å²) in [5.41, 5.74) is 1.65. The second-order valence-corrected chi connectivity index (χ2v) is 5.12. The normalized spacial score (nSPS) is 10.6. The Hall–Kier alpha value is -2.05. The fourth-order valence-electron chi connectivity index (χ4n) is 2.13. The van der Waals surface area contributed by atoms with Crippen molar-refractivity contribution in [2.45, 2.75) is 6.42 Å². The lowest BCUT2D eigenvalue weighted by Crippen LogP contribution is -2.23. The van der Waals surface area contributed by atoms with Crippen molar-refractivity contribution >= 4 is 34.4 Å². The number of fused-ring (bicyclic) bond motifs is 1. The van der Waals surface area contributed by atoms with Gasteiger partial charge in [-0.15, -0.1) is 0 Å². The number of benzene rings is 1. The highest BCUT2D eigenvalue weighted by Crippen LogP contribution is 2.26. The van der Waals surface area contributed by atoms with Gasteiger partial charge in [0, 0.05) is 25.6 Å². The van der Waals surface area contributed by atoms with E-state index in [1.165, 1.54) is 0 Å². The Labute approximate surface area is 133 Å². The molecule has 0 aliphatic heterocycles. The SMILES string of the molecule is COCCNc1nc2c(Cl)cccc2cc1CCNC(=O)O. The number of anilines is 1. The molecule has 1 heterocycles. The monoisotopic (exact) mass is 323 g/mol. The summed E-state index contributed by atoms with van der Waals surface area (Å²) in [6.45, 7) is 1.48. The summed E-state index contributed by atoms with van der Waals surface area (Å²) in [5, 5.41) is 15.7. The number of pyridine rings is 1. The minimum atomic E-state index is -1.04. The number of para-hydroxylation sites is 1. The van der Waals surface area contributed by atoms with Crippen molar-refractivity contribution in [1.82, 2.24) is 10.3 Å². The second kappa shape index (κ2) is 7.82. The largest absolute Gasteiger partial charge is 0.465 e. The Morgan fingerprint density at radius 3 is 2.95 bits per heavy atom. The molecule has 0 aliphatic rings. The molecule has 1 aromatic carbocycles. The Morgan fingerprint density at radius 1 is 1.41 bits per heavy atom. The third kappa shape index (κ3) is 4.22. The number of nitrogens with zero attached hydrogens (tertiary/aromatic N) is 1. The van der Waals surface area contributed by atoms with Crippen LogP contribution in [0.4, 0.5) is 10.6 Å². The molecule has 3 N–H and O–H groups in total. The topological polar surface area (TPSA) is 83.5 Å². The van der Waals surface area contributed by atoms with Crippen LogP contribution in [0.2, 0.25) is 5.02 Å². The molecule has 0 radical (unpaired) electrons. The van der Waals surface area contributed by atoms with Crippen LogP contribution in [0.5, 0.6) is 0 Å². The molecule has 0 bridgehead atoms. The van der Waals surface area contributed by atoms with Crippen molar-refractivity contribution in [2.24, 2.45) is 0 Å². The van der Waals surface area contributed by atoms with Gasteiger partial charge in [0.1, 0.15) is 5.82 Å². The zero-order valence-corrected chi connectivity index (χ0v) is 13.0. The first kappa shape index (κ1) is 16.3. The van der Waals surface area contributed by atoms with E-state index < -0.39 is 6.09 Å². The molecular weight excluding hydrogens is 306 g/mol. The van der Waals surface area contributed by atoms with Crippen molar-refractivity contribution in [2.75, 3.05) is 32.1 Å². The second-order valence-electron chi connectivity index (χ2n) is 4.71. The van der Waals surface area contributed by atoms with Crippen molar-refractivity contribution in [1.29, 1.82) is 0 Å². The number of ether oxygens (including phenoxy) is 1.